The summed E-state index contributed by atoms with van der Waals surface area (Å²) in [6.07, 6.45) is 4.07. The number of nitrogen functional groups attached to an aromatic ring is 1. The average molecular weight is 300 g/mol. The molecule has 0 bridgehead atoms. The molecule has 1 aliphatic rings. The Hall–Kier alpha value is -1.31. The molecule has 0 atom stereocenters. The Bertz CT molecular complexity index is 580. The standard InChI is InChI=1S/C13H20N2O4S/c14-11-8-10(4-5-12(11)17)20(18,19)15-13(9-16)6-2-1-3-7-13/h4-5,8,15-17H,1-3,6-7,9,14H2. The van der Waals surface area contributed by atoms with Gasteiger partial charge in [-0.05, 0) is 31.0 Å². The number of phenols is 1. The molecular weight excluding hydrogens is 280 g/mol. The van der Waals surface area contributed by atoms with Crippen LogP contribution >= 0.6 is 0 Å². The predicted octanol–water partition coefficient (Wildman–Crippen LogP) is 0.948. The molecule has 2 rings (SSSR count). The zero-order chi connectivity index (χ0) is 14.8. The van der Waals surface area contributed by atoms with Crippen LogP contribution in [-0.4, -0.2) is 30.8 Å². The number of rotatable bonds is 4. The summed E-state index contributed by atoms with van der Waals surface area (Å²) in [6.45, 7) is -0.222. The monoisotopic (exact) mass is 300 g/mol. The van der Waals surface area contributed by atoms with Gasteiger partial charge in [0.25, 0.3) is 0 Å². The second-order valence-corrected chi connectivity index (χ2v) is 7.01. The molecule has 1 saturated carbocycles. The van der Waals surface area contributed by atoms with Gasteiger partial charge in [0.05, 0.1) is 22.7 Å². The summed E-state index contributed by atoms with van der Waals surface area (Å²) < 4.78 is 27.3. The third-order valence-corrected chi connectivity index (χ3v) is 5.35. The van der Waals surface area contributed by atoms with Crippen LogP contribution in [0.25, 0.3) is 0 Å². The van der Waals surface area contributed by atoms with E-state index in [0.29, 0.717) is 12.8 Å². The van der Waals surface area contributed by atoms with Crippen molar-refractivity contribution in [2.24, 2.45) is 0 Å². The van der Waals surface area contributed by atoms with Crippen LogP contribution in [0.3, 0.4) is 0 Å². The summed E-state index contributed by atoms with van der Waals surface area (Å²) in [7, 11) is -3.77. The Balaban J connectivity index is 2.27. The van der Waals surface area contributed by atoms with Crippen molar-refractivity contribution in [2.75, 3.05) is 12.3 Å². The first-order valence-electron chi connectivity index (χ1n) is 6.62. The highest BCUT2D eigenvalue weighted by Gasteiger charge is 2.36. The number of sulfonamides is 1. The van der Waals surface area contributed by atoms with Gasteiger partial charge in [0.1, 0.15) is 5.75 Å². The van der Waals surface area contributed by atoms with Gasteiger partial charge in [-0.1, -0.05) is 19.3 Å². The van der Waals surface area contributed by atoms with E-state index < -0.39 is 15.6 Å². The van der Waals surface area contributed by atoms with Crippen LogP contribution in [0.2, 0.25) is 0 Å². The quantitative estimate of drug-likeness (QED) is 0.488. The third kappa shape index (κ3) is 3.05. The predicted molar refractivity (Wildman–Crippen MR) is 75.7 cm³/mol. The van der Waals surface area contributed by atoms with E-state index in [1.54, 1.807) is 0 Å². The third-order valence-electron chi connectivity index (χ3n) is 3.77. The van der Waals surface area contributed by atoms with E-state index in [0.717, 1.165) is 19.3 Å². The lowest BCUT2D eigenvalue weighted by atomic mass is 9.83. The highest BCUT2D eigenvalue weighted by molar-refractivity contribution is 7.89. The second-order valence-electron chi connectivity index (χ2n) is 5.33. The Kier molecular flexibility index (Phi) is 4.22. The molecule has 0 aromatic heterocycles. The number of aliphatic hydroxyl groups is 1. The zero-order valence-corrected chi connectivity index (χ0v) is 12.0. The minimum absolute atomic E-state index is 0.00815. The molecule has 0 radical (unpaired) electrons. The zero-order valence-electron chi connectivity index (χ0n) is 11.2. The SMILES string of the molecule is Nc1cc(S(=O)(=O)NC2(CO)CCCCC2)ccc1O. The van der Waals surface area contributed by atoms with Crippen molar-refractivity contribution in [1.29, 1.82) is 0 Å². The molecule has 0 heterocycles. The highest BCUT2D eigenvalue weighted by atomic mass is 32.2. The van der Waals surface area contributed by atoms with Gasteiger partial charge in [-0.15, -0.1) is 0 Å². The summed E-state index contributed by atoms with van der Waals surface area (Å²) >= 11 is 0. The number of hydrogen-bond donors (Lipinski definition) is 4. The number of aliphatic hydroxyl groups excluding tert-OH is 1. The van der Waals surface area contributed by atoms with Gasteiger partial charge in [0.15, 0.2) is 0 Å². The molecule has 0 amide bonds. The fraction of sp³-hybridized carbons (Fsp3) is 0.538. The lowest BCUT2D eigenvalue weighted by Crippen LogP contribution is -2.52. The van der Waals surface area contributed by atoms with Gasteiger partial charge in [0, 0.05) is 0 Å². The molecule has 20 heavy (non-hydrogen) atoms. The summed E-state index contributed by atoms with van der Waals surface area (Å²) in [6, 6.07) is 3.75. The molecule has 1 fully saturated rings. The fourth-order valence-electron chi connectivity index (χ4n) is 2.56. The summed E-state index contributed by atoms with van der Waals surface area (Å²) in [5.41, 5.74) is 4.75. The number of nitrogens with two attached hydrogens (primary N) is 1. The molecule has 0 aliphatic heterocycles. The fourth-order valence-corrected chi connectivity index (χ4v) is 4.05. The molecule has 6 nitrogen and oxygen atoms in total. The first kappa shape index (κ1) is 15.1. The van der Waals surface area contributed by atoms with Crippen molar-refractivity contribution < 1.29 is 18.6 Å². The average Bonchev–Trinajstić information content (AvgIpc) is 2.42. The van der Waals surface area contributed by atoms with Crippen molar-refractivity contribution in [3.63, 3.8) is 0 Å². The molecule has 112 valence electrons. The lowest BCUT2D eigenvalue weighted by Gasteiger charge is -2.36. The van der Waals surface area contributed by atoms with Crippen molar-refractivity contribution in [2.45, 2.75) is 42.5 Å². The molecule has 1 aromatic rings. The number of phenolic OH excluding ortho intramolecular Hbond substituents is 1. The van der Waals surface area contributed by atoms with Crippen LogP contribution in [0.1, 0.15) is 32.1 Å². The maximum absolute atomic E-state index is 12.4. The van der Waals surface area contributed by atoms with Crippen LogP contribution in [-0.2, 0) is 10.0 Å². The number of benzene rings is 1. The summed E-state index contributed by atoms with van der Waals surface area (Å²) in [4.78, 5) is -0.00815. The van der Waals surface area contributed by atoms with E-state index in [2.05, 4.69) is 4.72 Å². The van der Waals surface area contributed by atoms with E-state index in [4.69, 9.17) is 5.73 Å². The van der Waals surface area contributed by atoms with Gasteiger partial charge in [-0.2, -0.15) is 0 Å². The largest absolute Gasteiger partial charge is 0.506 e. The first-order valence-corrected chi connectivity index (χ1v) is 8.10. The normalized spacial score (nSPS) is 18.9. The van der Waals surface area contributed by atoms with Crippen LogP contribution in [0.4, 0.5) is 5.69 Å². The molecular formula is C13H20N2O4S. The van der Waals surface area contributed by atoms with Crippen LogP contribution < -0.4 is 10.5 Å². The van der Waals surface area contributed by atoms with Crippen LogP contribution in [0, 0.1) is 0 Å². The minimum atomic E-state index is -3.77. The lowest BCUT2D eigenvalue weighted by molar-refractivity contribution is 0.142. The maximum atomic E-state index is 12.4. The van der Waals surface area contributed by atoms with E-state index in [9.17, 15) is 18.6 Å². The number of hydrogen-bond acceptors (Lipinski definition) is 5. The first-order chi connectivity index (χ1) is 9.38. The number of nitrogens with one attached hydrogen (secondary N) is 1. The Labute approximate surface area is 118 Å². The topological polar surface area (TPSA) is 113 Å². The van der Waals surface area contributed by atoms with Crippen molar-refractivity contribution in [3.05, 3.63) is 18.2 Å². The smallest absolute Gasteiger partial charge is 0.241 e. The van der Waals surface area contributed by atoms with Crippen molar-refractivity contribution in [3.8, 4) is 5.75 Å². The van der Waals surface area contributed by atoms with E-state index >= 15 is 0 Å². The Morgan fingerprint density at radius 2 is 1.90 bits per heavy atom. The van der Waals surface area contributed by atoms with Crippen molar-refractivity contribution in [1.82, 2.24) is 4.72 Å². The number of anilines is 1. The molecule has 1 aliphatic carbocycles. The molecule has 7 heteroatoms. The molecule has 1 aromatic carbocycles. The highest BCUT2D eigenvalue weighted by Crippen LogP contribution is 2.30. The molecule has 0 spiro atoms. The summed E-state index contributed by atoms with van der Waals surface area (Å²) in [5, 5.41) is 18.9. The Morgan fingerprint density at radius 3 is 2.45 bits per heavy atom. The van der Waals surface area contributed by atoms with E-state index in [-0.39, 0.29) is 22.9 Å². The van der Waals surface area contributed by atoms with Gasteiger partial charge in [-0.25, -0.2) is 13.1 Å². The molecule has 5 N–H and O–H groups in total. The Morgan fingerprint density at radius 1 is 1.25 bits per heavy atom. The van der Waals surface area contributed by atoms with Crippen LogP contribution in [0.5, 0.6) is 5.75 Å². The van der Waals surface area contributed by atoms with Gasteiger partial charge < -0.3 is 15.9 Å². The van der Waals surface area contributed by atoms with E-state index in [1.807, 2.05) is 0 Å². The molecule has 0 saturated heterocycles. The number of aromatic hydroxyl groups is 1. The molecule has 0 unspecified atom stereocenters. The van der Waals surface area contributed by atoms with Gasteiger partial charge >= 0.3 is 0 Å². The summed E-state index contributed by atoms with van der Waals surface area (Å²) in [5.74, 6) is -0.154. The maximum Gasteiger partial charge on any atom is 0.241 e. The van der Waals surface area contributed by atoms with Crippen molar-refractivity contribution >= 4 is 15.7 Å². The minimum Gasteiger partial charge on any atom is -0.506 e. The van der Waals surface area contributed by atoms with E-state index in [1.165, 1.54) is 18.2 Å². The van der Waals surface area contributed by atoms with Gasteiger partial charge in [-0.3, -0.25) is 0 Å². The van der Waals surface area contributed by atoms with Crippen LogP contribution in [0.15, 0.2) is 23.1 Å². The second kappa shape index (κ2) is 5.59. The van der Waals surface area contributed by atoms with Gasteiger partial charge in [0.2, 0.25) is 10.0 Å².